The molecular weight excluding hydrogens is 176 g/mol. The van der Waals surface area contributed by atoms with E-state index >= 15 is 0 Å². The smallest absolute Gasteiger partial charge is 0.229 e. The quantitative estimate of drug-likeness (QED) is 0.657. The molecule has 0 unspecified atom stereocenters. The molecule has 1 aliphatic heterocycles. The Morgan fingerprint density at radius 3 is 2.50 bits per heavy atom. The largest absolute Gasteiger partial charge is 0.380 e. The van der Waals surface area contributed by atoms with E-state index < -0.39 is 0 Å². The van der Waals surface area contributed by atoms with Gasteiger partial charge in [-0.1, -0.05) is 19.1 Å². The van der Waals surface area contributed by atoms with Crippen LogP contribution in [0.5, 0.6) is 0 Å². The van der Waals surface area contributed by atoms with Gasteiger partial charge in [0.1, 0.15) is 0 Å². The zero-order valence-corrected chi connectivity index (χ0v) is 8.37. The van der Waals surface area contributed by atoms with Crippen LogP contribution in [0.25, 0.3) is 0 Å². The predicted octanol–water partition coefficient (Wildman–Crippen LogP) is 2.08. The summed E-state index contributed by atoms with van der Waals surface area (Å²) >= 11 is 0. The molecule has 1 aromatic rings. The van der Waals surface area contributed by atoms with Crippen LogP contribution in [0.15, 0.2) is 24.3 Å². The number of benzene rings is 1. The van der Waals surface area contributed by atoms with Crippen LogP contribution in [0.3, 0.4) is 0 Å². The first-order valence-electron chi connectivity index (χ1n) is 4.85. The van der Waals surface area contributed by atoms with Gasteiger partial charge < -0.3 is 10.6 Å². The van der Waals surface area contributed by atoms with Crippen LogP contribution in [0.2, 0.25) is 0 Å². The van der Waals surface area contributed by atoms with Gasteiger partial charge >= 0.3 is 0 Å². The van der Waals surface area contributed by atoms with E-state index in [0.717, 1.165) is 11.4 Å². The number of carbonyl (C=O) groups excluding carboxylic acids is 1. The number of anilines is 2. The first-order chi connectivity index (χ1) is 6.68. The second-order valence-corrected chi connectivity index (χ2v) is 3.76. The Kier molecular flexibility index (Phi) is 2.15. The molecule has 3 nitrogen and oxygen atoms in total. The monoisotopic (exact) mass is 190 g/mol. The first kappa shape index (κ1) is 9.06. The third-order valence-corrected chi connectivity index (χ3v) is 2.73. The van der Waals surface area contributed by atoms with Crippen molar-refractivity contribution in [3.8, 4) is 0 Å². The Bertz CT molecular complexity index is 362. The van der Waals surface area contributed by atoms with Crippen molar-refractivity contribution in [2.75, 3.05) is 10.6 Å². The van der Waals surface area contributed by atoms with Gasteiger partial charge in [-0.05, 0) is 19.1 Å². The highest BCUT2D eigenvalue weighted by Gasteiger charge is 2.24. The van der Waals surface area contributed by atoms with Gasteiger partial charge in [0.05, 0.1) is 17.3 Å². The molecule has 2 atom stereocenters. The number of hydrogen-bond donors (Lipinski definition) is 2. The number of amides is 1. The van der Waals surface area contributed by atoms with Crippen molar-refractivity contribution in [3.63, 3.8) is 0 Å². The topological polar surface area (TPSA) is 41.1 Å². The second-order valence-electron chi connectivity index (χ2n) is 3.76. The van der Waals surface area contributed by atoms with Crippen LogP contribution in [-0.2, 0) is 4.79 Å². The maximum atomic E-state index is 11.6. The minimum absolute atomic E-state index is 0.0117. The molecule has 1 heterocycles. The van der Waals surface area contributed by atoms with Gasteiger partial charge in [-0.15, -0.1) is 0 Å². The highest BCUT2D eigenvalue weighted by molar-refractivity contribution is 5.97. The summed E-state index contributed by atoms with van der Waals surface area (Å²) in [7, 11) is 0. The summed E-state index contributed by atoms with van der Waals surface area (Å²) in [5, 5.41) is 6.22. The molecule has 0 saturated carbocycles. The van der Waals surface area contributed by atoms with Crippen LogP contribution in [0.4, 0.5) is 11.4 Å². The molecule has 1 aromatic carbocycles. The fourth-order valence-corrected chi connectivity index (χ4v) is 1.56. The molecule has 2 N–H and O–H groups in total. The van der Waals surface area contributed by atoms with E-state index in [1.54, 1.807) is 0 Å². The number of para-hydroxylation sites is 2. The molecule has 0 fully saturated rings. The van der Waals surface area contributed by atoms with Gasteiger partial charge in [0.15, 0.2) is 0 Å². The van der Waals surface area contributed by atoms with Crippen LogP contribution < -0.4 is 10.6 Å². The van der Waals surface area contributed by atoms with E-state index in [9.17, 15) is 4.79 Å². The van der Waals surface area contributed by atoms with Crippen molar-refractivity contribution in [1.29, 1.82) is 0 Å². The Labute approximate surface area is 83.5 Å². The molecule has 0 bridgehead atoms. The van der Waals surface area contributed by atoms with E-state index in [4.69, 9.17) is 0 Å². The van der Waals surface area contributed by atoms with Gasteiger partial charge in [-0.25, -0.2) is 0 Å². The lowest BCUT2D eigenvalue weighted by Crippen LogP contribution is -2.30. The summed E-state index contributed by atoms with van der Waals surface area (Å²) in [5.74, 6) is 0.0670. The summed E-state index contributed by atoms with van der Waals surface area (Å²) in [5.41, 5.74) is 1.87. The standard InChI is InChI=1S/C11H14N2O/c1-7-8(2)12-9-5-3-4-6-10(9)13-11(7)14/h3-8,12H,1-2H3,(H,13,14)/t7-,8-/m1/s1. The minimum Gasteiger partial charge on any atom is -0.380 e. The molecule has 74 valence electrons. The summed E-state index contributed by atoms with van der Waals surface area (Å²) in [6.45, 7) is 3.95. The van der Waals surface area contributed by atoms with E-state index in [-0.39, 0.29) is 17.9 Å². The third kappa shape index (κ3) is 1.45. The van der Waals surface area contributed by atoms with Crippen molar-refractivity contribution in [1.82, 2.24) is 0 Å². The molecular formula is C11H14N2O. The highest BCUT2D eigenvalue weighted by Crippen LogP contribution is 2.27. The SMILES string of the molecule is C[C@H]1Nc2ccccc2NC(=O)[C@@H]1C. The van der Waals surface area contributed by atoms with Crippen molar-refractivity contribution >= 4 is 17.3 Å². The highest BCUT2D eigenvalue weighted by atomic mass is 16.1. The molecule has 3 heteroatoms. The maximum Gasteiger partial charge on any atom is 0.229 e. The van der Waals surface area contributed by atoms with Crippen molar-refractivity contribution < 1.29 is 4.79 Å². The van der Waals surface area contributed by atoms with E-state index in [2.05, 4.69) is 10.6 Å². The average Bonchev–Trinajstić information content (AvgIpc) is 2.28. The Morgan fingerprint density at radius 2 is 1.79 bits per heavy atom. The fourth-order valence-electron chi connectivity index (χ4n) is 1.56. The molecule has 14 heavy (non-hydrogen) atoms. The lowest BCUT2D eigenvalue weighted by atomic mass is 10.0. The molecule has 0 aromatic heterocycles. The van der Waals surface area contributed by atoms with Crippen LogP contribution in [0, 0.1) is 5.92 Å². The van der Waals surface area contributed by atoms with Gasteiger partial charge in [-0.2, -0.15) is 0 Å². The normalized spacial score (nSPS) is 25.7. The number of hydrogen-bond acceptors (Lipinski definition) is 2. The fraction of sp³-hybridized carbons (Fsp3) is 0.364. The number of carbonyl (C=O) groups is 1. The lowest BCUT2D eigenvalue weighted by Gasteiger charge is -2.16. The van der Waals surface area contributed by atoms with Crippen LogP contribution in [-0.4, -0.2) is 11.9 Å². The first-order valence-corrected chi connectivity index (χ1v) is 4.85. The molecule has 1 amide bonds. The molecule has 0 aliphatic carbocycles. The van der Waals surface area contributed by atoms with Crippen molar-refractivity contribution in [2.24, 2.45) is 5.92 Å². The summed E-state index contributed by atoms with van der Waals surface area (Å²) < 4.78 is 0. The zero-order chi connectivity index (χ0) is 10.1. The Balaban J connectivity index is 2.39. The molecule has 2 rings (SSSR count). The van der Waals surface area contributed by atoms with Gasteiger partial charge in [-0.3, -0.25) is 4.79 Å². The zero-order valence-electron chi connectivity index (χ0n) is 8.37. The summed E-state index contributed by atoms with van der Waals surface area (Å²) in [6, 6.07) is 7.93. The Hall–Kier alpha value is -1.51. The number of rotatable bonds is 0. The van der Waals surface area contributed by atoms with Crippen molar-refractivity contribution in [2.45, 2.75) is 19.9 Å². The van der Waals surface area contributed by atoms with E-state index in [1.165, 1.54) is 0 Å². The molecule has 0 saturated heterocycles. The van der Waals surface area contributed by atoms with Gasteiger partial charge in [0.2, 0.25) is 5.91 Å². The molecule has 0 spiro atoms. The van der Waals surface area contributed by atoms with E-state index in [0.29, 0.717) is 0 Å². The Morgan fingerprint density at radius 1 is 1.14 bits per heavy atom. The van der Waals surface area contributed by atoms with Gasteiger partial charge in [0.25, 0.3) is 0 Å². The predicted molar refractivity (Wildman–Crippen MR) is 57.3 cm³/mol. The minimum atomic E-state index is -0.0117. The molecule has 1 aliphatic rings. The van der Waals surface area contributed by atoms with Crippen molar-refractivity contribution in [3.05, 3.63) is 24.3 Å². The maximum absolute atomic E-state index is 11.6. The third-order valence-electron chi connectivity index (χ3n) is 2.73. The number of fused-ring (bicyclic) bond motifs is 1. The van der Waals surface area contributed by atoms with Crippen LogP contribution in [0.1, 0.15) is 13.8 Å². The lowest BCUT2D eigenvalue weighted by molar-refractivity contribution is -0.119. The second kappa shape index (κ2) is 3.33. The summed E-state index contributed by atoms with van der Waals surface area (Å²) in [6.07, 6.45) is 0. The average molecular weight is 190 g/mol. The van der Waals surface area contributed by atoms with Crippen LogP contribution >= 0.6 is 0 Å². The number of nitrogens with one attached hydrogen (secondary N) is 2. The van der Waals surface area contributed by atoms with Gasteiger partial charge in [0, 0.05) is 6.04 Å². The van der Waals surface area contributed by atoms with E-state index in [1.807, 2.05) is 38.1 Å². The molecule has 0 radical (unpaired) electrons. The summed E-state index contributed by atoms with van der Waals surface area (Å²) in [4.78, 5) is 11.6.